The first-order valence-corrected chi connectivity index (χ1v) is 9.72. The standard InChI is InChI=1S/C21H27NO4/c1-14-4-3-9-22(11-14)12-15(23)13-25-16-7-8-18-17-5-2-6-19(17)21(24)26-20(18)10-16/h7-8,10,14-15,23H,2-6,9,11-13H2,1H3. The van der Waals surface area contributed by atoms with Crippen LogP contribution in [0.4, 0.5) is 0 Å². The van der Waals surface area contributed by atoms with Crippen molar-refractivity contribution in [2.75, 3.05) is 26.2 Å². The second kappa shape index (κ2) is 7.41. The highest BCUT2D eigenvalue weighted by Crippen LogP contribution is 2.29. The first-order chi connectivity index (χ1) is 12.6. The van der Waals surface area contributed by atoms with Crippen molar-refractivity contribution in [3.63, 3.8) is 0 Å². The van der Waals surface area contributed by atoms with E-state index in [1.165, 1.54) is 12.8 Å². The summed E-state index contributed by atoms with van der Waals surface area (Å²) in [7, 11) is 0. The molecule has 1 aliphatic carbocycles. The Labute approximate surface area is 153 Å². The van der Waals surface area contributed by atoms with Crippen LogP contribution in [0.2, 0.25) is 0 Å². The van der Waals surface area contributed by atoms with Gasteiger partial charge in [-0.2, -0.15) is 0 Å². The lowest BCUT2D eigenvalue weighted by Crippen LogP contribution is -2.41. The van der Waals surface area contributed by atoms with Crippen LogP contribution in [-0.2, 0) is 12.8 Å². The molecule has 5 heteroatoms. The van der Waals surface area contributed by atoms with Crippen molar-refractivity contribution in [3.05, 3.63) is 39.7 Å². The van der Waals surface area contributed by atoms with Crippen LogP contribution in [0.3, 0.4) is 0 Å². The van der Waals surface area contributed by atoms with E-state index in [4.69, 9.17) is 9.15 Å². The zero-order chi connectivity index (χ0) is 18.1. The average Bonchev–Trinajstić information content (AvgIpc) is 3.10. The van der Waals surface area contributed by atoms with E-state index in [2.05, 4.69) is 11.8 Å². The maximum Gasteiger partial charge on any atom is 0.339 e. The third-order valence-electron chi connectivity index (χ3n) is 5.60. The monoisotopic (exact) mass is 357 g/mol. The zero-order valence-electron chi connectivity index (χ0n) is 15.4. The van der Waals surface area contributed by atoms with E-state index >= 15 is 0 Å². The molecule has 2 unspecified atom stereocenters. The molecule has 0 amide bonds. The fourth-order valence-electron chi connectivity index (χ4n) is 4.35. The van der Waals surface area contributed by atoms with Crippen LogP contribution in [0.15, 0.2) is 27.4 Å². The third kappa shape index (κ3) is 3.64. The highest BCUT2D eigenvalue weighted by atomic mass is 16.5. The summed E-state index contributed by atoms with van der Waals surface area (Å²) >= 11 is 0. The van der Waals surface area contributed by atoms with Crippen molar-refractivity contribution in [2.45, 2.75) is 45.1 Å². The predicted octanol–water partition coefficient (Wildman–Crippen LogP) is 2.75. The van der Waals surface area contributed by atoms with Crippen LogP contribution in [-0.4, -0.2) is 42.4 Å². The predicted molar refractivity (Wildman–Crippen MR) is 101 cm³/mol. The molecule has 2 atom stereocenters. The van der Waals surface area contributed by atoms with Crippen LogP contribution < -0.4 is 10.4 Å². The molecule has 1 fully saturated rings. The van der Waals surface area contributed by atoms with Crippen molar-refractivity contribution in [2.24, 2.45) is 5.92 Å². The summed E-state index contributed by atoms with van der Waals surface area (Å²) in [4.78, 5) is 14.4. The number of benzene rings is 1. The molecule has 2 aromatic rings. The number of hydrogen-bond acceptors (Lipinski definition) is 5. The molecule has 0 spiro atoms. The number of rotatable bonds is 5. The van der Waals surface area contributed by atoms with Crippen LogP contribution in [0.25, 0.3) is 11.0 Å². The van der Waals surface area contributed by atoms with Gasteiger partial charge in [0.05, 0.1) is 0 Å². The van der Waals surface area contributed by atoms with E-state index in [-0.39, 0.29) is 12.2 Å². The van der Waals surface area contributed by atoms with E-state index in [1.807, 2.05) is 12.1 Å². The lowest BCUT2D eigenvalue weighted by molar-refractivity contribution is 0.0537. The van der Waals surface area contributed by atoms with E-state index in [9.17, 15) is 9.90 Å². The number of aliphatic hydroxyl groups excluding tert-OH is 1. The SMILES string of the molecule is CC1CCCN(CC(O)COc2ccc3c4c(c(=O)oc3c2)CCC4)C1. The molecule has 26 heavy (non-hydrogen) atoms. The summed E-state index contributed by atoms with van der Waals surface area (Å²) < 4.78 is 11.2. The van der Waals surface area contributed by atoms with Gasteiger partial charge in [-0.25, -0.2) is 4.79 Å². The summed E-state index contributed by atoms with van der Waals surface area (Å²) in [5.41, 5.74) is 2.31. The number of nitrogens with zero attached hydrogens (tertiary/aromatic N) is 1. The molecule has 0 radical (unpaired) electrons. The second-order valence-corrected chi connectivity index (χ2v) is 7.83. The number of hydrogen-bond donors (Lipinski definition) is 1. The summed E-state index contributed by atoms with van der Waals surface area (Å²) in [6, 6.07) is 5.64. The minimum atomic E-state index is -0.525. The molecule has 2 heterocycles. The van der Waals surface area contributed by atoms with Crippen molar-refractivity contribution < 1.29 is 14.3 Å². The van der Waals surface area contributed by atoms with Crippen LogP contribution in [0.1, 0.15) is 37.3 Å². The normalized spacial score (nSPS) is 21.7. The second-order valence-electron chi connectivity index (χ2n) is 7.83. The van der Waals surface area contributed by atoms with Crippen LogP contribution >= 0.6 is 0 Å². The van der Waals surface area contributed by atoms with E-state index in [0.29, 0.717) is 23.8 Å². The van der Waals surface area contributed by atoms with Gasteiger partial charge in [-0.3, -0.25) is 0 Å². The van der Waals surface area contributed by atoms with E-state index in [1.54, 1.807) is 6.07 Å². The maximum atomic E-state index is 12.1. The van der Waals surface area contributed by atoms with Crippen molar-refractivity contribution >= 4 is 11.0 Å². The smallest absolute Gasteiger partial charge is 0.339 e. The number of aryl methyl sites for hydroxylation is 1. The minimum Gasteiger partial charge on any atom is -0.491 e. The van der Waals surface area contributed by atoms with Gasteiger partial charge in [0.15, 0.2) is 0 Å². The van der Waals surface area contributed by atoms with Gasteiger partial charge >= 0.3 is 5.63 Å². The van der Waals surface area contributed by atoms with Crippen LogP contribution in [0, 0.1) is 5.92 Å². The number of β-amino-alcohol motifs (C(OH)–C–C–N with tert-alkyl or cyclic N) is 1. The molecule has 1 aromatic heterocycles. The zero-order valence-corrected chi connectivity index (χ0v) is 15.4. The topological polar surface area (TPSA) is 62.9 Å². The van der Waals surface area contributed by atoms with Gasteiger partial charge in [0, 0.05) is 30.1 Å². The quantitative estimate of drug-likeness (QED) is 0.834. The Balaban J connectivity index is 1.41. The Hall–Kier alpha value is -1.85. The fourth-order valence-corrected chi connectivity index (χ4v) is 4.35. The number of piperidine rings is 1. The molecule has 5 nitrogen and oxygen atoms in total. The number of ether oxygens (including phenoxy) is 1. The Bertz CT molecular complexity index is 844. The largest absolute Gasteiger partial charge is 0.491 e. The highest BCUT2D eigenvalue weighted by molar-refractivity contribution is 5.83. The fraction of sp³-hybridized carbons (Fsp3) is 0.571. The van der Waals surface area contributed by atoms with Gasteiger partial charge in [-0.05, 0) is 62.3 Å². The van der Waals surface area contributed by atoms with Crippen LogP contribution in [0.5, 0.6) is 5.75 Å². The summed E-state index contributed by atoms with van der Waals surface area (Å²) in [6.07, 6.45) is 4.71. The molecule has 0 saturated carbocycles. The molecule has 4 rings (SSSR count). The molecule has 1 N–H and O–H groups in total. The van der Waals surface area contributed by atoms with Crippen molar-refractivity contribution in [1.82, 2.24) is 4.90 Å². The third-order valence-corrected chi connectivity index (χ3v) is 5.60. The molecular formula is C21H27NO4. The van der Waals surface area contributed by atoms with Gasteiger partial charge in [0.25, 0.3) is 0 Å². The molecule has 140 valence electrons. The summed E-state index contributed by atoms with van der Waals surface area (Å²) in [5.74, 6) is 1.33. The molecule has 1 aliphatic heterocycles. The van der Waals surface area contributed by atoms with Gasteiger partial charge < -0.3 is 19.2 Å². The highest BCUT2D eigenvalue weighted by Gasteiger charge is 2.21. The Morgan fingerprint density at radius 2 is 2.15 bits per heavy atom. The Morgan fingerprint density at radius 3 is 3.00 bits per heavy atom. The number of aliphatic hydroxyl groups is 1. The van der Waals surface area contributed by atoms with E-state index < -0.39 is 6.10 Å². The summed E-state index contributed by atoms with van der Waals surface area (Å²) in [6.45, 7) is 5.23. The first-order valence-electron chi connectivity index (χ1n) is 9.72. The summed E-state index contributed by atoms with van der Waals surface area (Å²) in [5, 5.41) is 11.3. The average molecular weight is 357 g/mol. The number of likely N-dealkylation sites (tertiary alicyclic amines) is 1. The Morgan fingerprint density at radius 1 is 1.31 bits per heavy atom. The molecule has 2 aliphatic rings. The molecular weight excluding hydrogens is 330 g/mol. The van der Waals surface area contributed by atoms with E-state index in [0.717, 1.165) is 48.9 Å². The molecule has 0 bridgehead atoms. The van der Waals surface area contributed by atoms with Gasteiger partial charge in [-0.1, -0.05) is 6.92 Å². The van der Waals surface area contributed by atoms with Gasteiger partial charge in [0.1, 0.15) is 24.0 Å². The Kier molecular flexibility index (Phi) is 5.00. The lowest BCUT2D eigenvalue weighted by Gasteiger charge is -2.32. The minimum absolute atomic E-state index is 0.221. The first kappa shape index (κ1) is 17.6. The van der Waals surface area contributed by atoms with Gasteiger partial charge in [-0.15, -0.1) is 0 Å². The number of fused-ring (bicyclic) bond motifs is 3. The molecule has 1 aromatic carbocycles. The molecule has 1 saturated heterocycles. The lowest BCUT2D eigenvalue weighted by atomic mass is 10.0. The maximum absolute atomic E-state index is 12.1. The van der Waals surface area contributed by atoms with Crippen molar-refractivity contribution in [1.29, 1.82) is 0 Å². The van der Waals surface area contributed by atoms with Gasteiger partial charge in [0.2, 0.25) is 0 Å². The van der Waals surface area contributed by atoms with Crippen molar-refractivity contribution in [3.8, 4) is 5.75 Å².